The number of hydrogen-bond acceptors (Lipinski definition) is 33. The van der Waals surface area contributed by atoms with Crippen LogP contribution in [0.2, 0.25) is 0 Å². The number of rotatable bonds is 31. The molecule has 5 aromatic heterocycles. The van der Waals surface area contributed by atoms with Gasteiger partial charge >= 0.3 is 30.4 Å². The maximum atomic E-state index is 11.9. The number of aromatic nitrogens is 5. The number of nitrogens with one attached hydrogen (secondary N) is 1. The smallest absolute Gasteiger partial charge is 0.373 e. The summed E-state index contributed by atoms with van der Waals surface area (Å²) in [5, 5.41) is 3.26. The molecule has 1 N–H and O–H groups in total. The van der Waals surface area contributed by atoms with Crippen LogP contribution in [0.1, 0.15) is 152 Å². The lowest BCUT2D eigenvalue weighted by atomic mass is 10.1. The summed E-state index contributed by atoms with van der Waals surface area (Å²) in [6.07, 6.45) is 3.86. The zero-order valence-corrected chi connectivity index (χ0v) is 72.3. The highest BCUT2D eigenvalue weighted by Crippen LogP contribution is 2.23. The van der Waals surface area contributed by atoms with E-state index in [1.54, 1.807) is 12.1 Å². The number of nitrogens with zero attached hydrogens (tertiary/aromatic N) is 8. The number of carbonyl (C=O) groups is 2. The van der Waals surface area contributed by atoms with Gasteiger partial charge < -0.3 is 81.1 Å². The van der Waals surface area contributed by atoms with Crippen LogP contribution in [0.25, 0.3) is 0 Å². The number of hydrogen-bond donors (Lipinski definition) is 1. The van der Waals surface area contributed by atoms with Crippen molar-refractivity contribution in [2.75, 3.05) is 252 Å². The molecule has 2 aliphatic heterocycles. The average Bonchev–Trinajstić information content (AvgIpc) is 0.855. The predicted molar refractivity (Wildman–Crippen MR) is 459 cm³/mol. The molecule has 2 saturated heterocycles. The van der Waals surface area contributed by atoms with Gasteiger partial charge in [0.1, 0.15) is 11.4 Å². The van der Waals surface area contributed by atoms with Gasteiger partial charge in [-0.2, -0.15) is 28.8 Å². The molecule has 0 aliphatic carbocycles. The zero-order chi connectivity index (χ0) is 85.7. The fraction of sp³-hybridized carbons (Fsp3) is 0.651. The van der Waals surface area contributed by atoms with Gasteiger partial charge in [-0.15, -0.1) is 0 Å². The fourth-order valence-electron chi connectivity index (χ4n) is 10.4. The van der Waals surface area contributed by atoms with Gasteiger partial charge in [-0.25, -0.2) is 19.6 Å². The standard InChI is InChI=1S/C33H52N4O8.C20H33N3O6.C14H23NO2.C13H20INO2.3CO2.3CH4/c1-4-15-40-24-25-45-27-32(30-9-5-7-28(2)34-30)37-13-18-43-22-20-41-16-11-36(12-17-42-21-23-44-19-14-37)26-29-8-6-10-31(35-29)33(38)39-3;1-25-20(24)19-4-2-3-18(22-19)17-23-7-11-28-15-13-26-9-5-21-6-10-27-14-16-29-12-8-23;1-4-8-16-9-10-17-11-12(2)14-7-5-6-13(3)15-14;1-3-7-16-8-9-17-10-12(14)13-6-4-5-11(2)15-13;3*2-1-3;;;/h5-10,32H,4,11-27H2,1-3H3;2-4,21H,5-17H2,1H3;5-7,12H,4,8-11H2,1-3H3;4-6,12H,3,7-10H2,1-2H3;;;;3*1H4. The number of alkyl halides is 1. The number of aryl methyl sites for hydroxylation is 3. The Morgan fingerprint density at radius 3 is 1.07 bits per heavy atom. The van der Waals surface area contributed by atoms with E-state index >= 15 is 0 Å². The normalized spacial score (nSPS) is 15.3. The van der Waals surface area contributed by atoms with Crippen LogP contribution in [0.5, 0.6) is 0 Å². The molecular weight excluding hydrogens is 1670 g/mol. The molecule has 2 aliphatic rings. The van der Waals surface area contributed by atoms with Gasteiger partial charge in [-0.3, -0.25) is 29.7 Å². The molecule has 33 nitrogen and oxygen atoms in total. The molecular formula is C86H140IN9O24. The maximum Gasteiger partial charge on any atom is 0.373 e. The topological polar surface area (TPSA) is 370 Å². The Balaban J connectivity index is -0.00000157. The summed E-state index contributed by atoms with van der Waals surface area (Å²) in [6.45, 7) is 38.4. The number of halogens is 1. The molecule has 680 valence electrons. The maximum absolute atomic E-state index is 11.9. The van der Waals surface area contributed by atoms with Crippen LogP contribution in [0.3, 0.4) is 0 Å². The van der Waals surface area contributed by atoms with E-state index in [-0.39, 0.29) is 46.8 Å². The van der Waals surface area contributed by atoms with Gasteiger partial charge in [0.2, 0.25) is 0 Å². The predicted octanol–water partition coefficient (Wildman–Crippen LogP) is 9.68. The van der Waals surface area contributed by atoms with Crippen molar-refractivity contribution >= 4 is 53.0 Å². The number of pyridine rings is 5. The Morgan fingerprint density at radius 2 is 0.708 bits per heavy atom. The highest BCUT2D eigenvalue weighted by Gasteiger charge is 2.23. The first kappa shape index (κ1) is 117. The molecule has 7 heterocycles. The summed E-state index contributed by atoms with van der Waals surface area (Å²) in [7, 11) is 2.70. The summed E-state index contributed by atoms with van der Waals surface area (Å²) >= 11 is 2.36. The van der Waals surface area contributed by atoms with Gasteiger partial charge in [-0.1, -0.05) is 103 Å². The molecule has 2 fully saturated rings. The van der Waals surface area contributed by atoms with Crippen molar-refractivity contribution in [3.05, 3.63) is 148 Å². The molecule has 34 heteroatoms. The Kier molecular flexibility index (Phi) is 82.0. The minimum absolute atomic E-state index is 0. The fourth-order valence-corrected chi connectivity index (χ4v) is 11.0. The number of esters is 2. The SMILES string of the molecule is C.C.C.CCCOCCOCC(C)c1cccc(C)n1.CCCOCCOCC(I)c1cccc(C)n1.CCCOCCOCC(c1cccc(C)n1)N1CCOCCOCCN(Cc2cccc(C(=O)OC)n2)CCOCCOCC1.COC(=O)c1cccc(CN2CCOCCOCCNCCOCCOCC2)n1.O=C=O.O=C=O.O=C=O. The third-order valence-electron chi connectivity index (χ3n) is 16.2. The summed E-state index contributed by atoms with van der Waals surface area (Å²) < 4.78 is 89.5. The summed E-state index contributed by atoms with van der Waals surface area (Å²) in [5.74, 6) is -0.551. The zero-order valence-electron chi connectivity index (χ0n) is 70.1. The average molecular weight is 1810 g/mol. The van der Waals surface area contributed by atoms with Crippen molar-refractivity contribution in [2.45, 2.75) is 119 Å². The molecule has 3 unspecified atom stereocenters. The molecule has 0 radical (unpaired) electrons. The Labute approximate surface area is 726 Å². The molecule has 0 bridgehead atoms. The third kappa shape index (κ3) is 63.7. The van der Waals surface area contributed by atoms with Gasteiger partial charge in [0.25, 0.3) is 0 Å². The summed E-state index contributed by atoms with van der Waals surface area (Å²) in [4.78, 5) is 102. The molecule has 0 amide bonds. The van der Waals surface area contributed by atoms with E-state index in [2.05, 4.69) is 102 Å². The lowest BCUT2D eigenvalue weighted by molar-refractivity contribution is -0.193. The lowest BCUT2D eigenvalue weighted by Crippen LogP contribution is -2.38. The van der Waals surface area contributed by atoms with E-state index in [4.69, 9.17) is 110 Å². The second-order valence-corrected chi connectivity index (χ2v) is 27.1. The Hall–Kier alpha value is -7.16. The minimum atomic E-state index is -0.449. The van der Waals surface area contributed by atoms with Gasteiger partial charge in [-0.05, 0) is 101 Å². The summed E-state index contributed by atoms with van der Waals surface area (Å²) in [6, 6.07) is 29.0. The van der Waals surface area contributed by atoms with Crippen molar-refractivity contribution in [3.8, 4) is 0 Å². The molecule has 0 saturated carbocycles. The van der Waals surface area contributed by atoms with Crippen molar-refractivity contribution in [1.29, 1.82) is 0 Å². The molecule has 0 aromatic carbocycles. The number of carbonyl (C=O) groups excluding carboxylic acids is 8. The molecule has 7 rings (SSSR count). The first-order valence-electron chi connectivity index (χ1n) is 39.6. The van der Waals surface area contributed by atoms with Crippen LogP contribution in [0.15, 0.2) is 91.0 Å². The highest BCUT2D eigenvalue weighted by atomic mass is 127. The van der Waals surface area contributed by atoms with Gasteiger partial charge in [0.05, 0.1) is 212 Å². The number of methoxy groups -OCH3 is 2. The van der Waals surface area contributed by atoms with Crippen molar-refractivity contribution in [1.82, 2.24) is 44.9 Å². The molecule has 0 spiro atoms. The molecule has 120 heavy (non-hydrogen) atoms. The second-order valence-electron chi connectivity index (χ2n) is 25.6. The van der Waals surface area contributed by atoms with E-state index in [9.17, 15) is 9.59 Å². The van der Waals surface area contributed by atoms with Crippen LogP contribution in [-0.4, -0.2) is 322 Å². The van der Waals surface area contributed by atoms with E-state index in [1.165, 1.54) is 14.2 Å². The summed E-state index contributed by atoms with van der Waals surface area (Å²) in [5.41, 5.74) is 8.41. The third-order valence-corrected chi connectivity index (χ3v) is 17.2. The Bertz CT molecular complexity index is 3220. The van der Waals surface area contributed by atoms with E-state index in [0.29, 0.717) is 226 Å². The molecule has 5 aromatic rings. The van der Waals surface area contributed by atoms with E-state index in [0.717, 1.165) is 111 Å². The van der Waals surface area contributed by atoms with Gasteiger partial charge in [0.15, 0.2) is 0 Å². The minimum Gasteiger partial charge on any atom is -0.464 e. The van der Waals surface area contributed by atoms with Crippen LogP contribution < -0.4 is 5.32 Å². The van der Waals surface area contributed by atoms with E-state index in [1.807, 2.05) is 87.5 Å². The quantitative estimate of drug-likeness (QED) is 0.0186. The highest BCUT2D eigenvalue weighted by molar-refractivity contribution is 14.1. The van der Waals surface area contributed by atoms with Crippen molar-refractivity contribution in [2.24, 2.45) is 0 Å². The van der Waals surface area contributed by atoms with Crippen LogP contribution >= 0.6 is 22.6 Å². The monoisotopic (exact) mass is 1810 g/mol. The Morgan fingerprint density at radius 1 is 0.400 bits per heavy atom. The van der Waals surface area contributed by atoms with Crippen LogP contribution in [-0.2, 0) is 118 Å². The second kappa shape index (κ2) is 84.1. The number of ether oxygens (including phenoxy) is 16. The molecule has 3 atom stereocenters. The van der Waals surface area contributed by atoms with E-state index < -0.39 is 11.9 Å². The van der Waals surface area contributed by atoms with Crippen LogP contribution in [0.4, 0.5) is 0 Å². The first-order chi connectivity index (χ1) is 57.1. The van der Waals surface area contributed by atoms with Crippen molar-refractivity contribution in [3.63, 3.8) is 0 Å². The lowest BCUT2D eigenvalue weighted by Gasteiger charge is -2.31. The van der Waals surface area contributed by atoms with Crippen LogP contribution in [0, 0.1) is 20.8 Å². The largest absolute Gasteiger partial charge is 0.464 e. The first-order valence-corrected chi connectivity index (χ1v) is 40.9. The van der Waals surface area contributed by atoms with Crippen molar-refractivity contribution < 1.29 is 114 Å². The van der Waals surface area contributed by atoms with Gasteiger partial charge in [0, 0.05) is 114 Å².